The van der Waals surface area contributed by atoms with Crippen LogP contribution in [0.1, 0.15) is 37.7 Å². The van der Waals surface area contributed by atoms with Crippen LogP contribution in [0.15, 0.2) is 30.3 Å². The average Bonchev–Trinajstić information content (AvgIpc) is 3.41. The maximum Gasteiger partial charge on any atom is 0.246 e. The molecule has 3 heterocycles. The first-order valence-corrected chi connectivity index (χ1v) is 12.6. The van der Waals surface area contributed by atoms with E-state index in [1.165, 1.54) is 0 Å². The number of benzene rings is 1. The molecule has 4 rings (SSSR count). The maximum atomic E-state index is 13.6. The van der Waals surface area contributed by atoms with Crippen molar-refractivity contribution in [1.29, 1.82) is 0 Å². The van der Waals surface area contributed by atoms with Crippen LogP contribution in [0.3, 0.4) is 0 Å². The molecule has 3 amide bonds. The van der Waals surface area contributed by atoms with Crippen LogP contribution >= 0.6 is 15.9 Å². The van der Waals surface area contributed by atoms with Gasteiger partial charge in [0.15, 0.2) is 0 Å². The molecule has 3 aliphatic rings. The van der Waals surface area contributed by atoms with Gasteiger partial charge in [0.1, 0.15) is 11.6 Å². The van der Waals surface area contributed by atoms with E-state index in [9.17, 15) is 14.4 Å². The summed E-state index contributed by atoms with van der Waals surface area (Å²) in [5.41, 5.74) is -0.0445. The number of nitrogens with one attached hydrogen (secondary N) is 2. The van der Waals surface area contributed by atoms with E-state index in [4.69, 9.17) is 9.84 Å². The van der Waals surface area contributed by atoms with Crippen molar-refractivity contribution in [2.75, 3.05) is 20.2 Å². The molecule has 3 fully saturated rings. The number of hydrogen-bond acceptors (Lipinski definition) is 5. The highest BCUT2D eigenvalue weighted by atomic mass is 79.9. The third kappa shape index (κ3) is 4.31. The number of likely N-dealkylation sites (tertiary alicyclic amines) is 1. The van der Waals surface area contributed by atoms with Crippen molar-refractivity contribution in [3.05, 3.63) is 35.9 Å². The van der Waals surface area contributed by atoms with Crippen molar-refractivity contribution in [2.45, 2.75) is 61.2 Å². The van der Waals surface area contributed by atoms with E-state index < -0.39 is 29.6 Å². The van der Waals surface area contributed by atoms with E-state index in [0.29, 0.717) is 19.5 Å². The third-order valence-corrected chi connectivity index (χ3v) is 8.05. The first kappa shape index (κ1) is 24.2. The fourth-order valence-electron chi connectivity index (χ4n) is 5.77. The van der Waals surface area contributed by atoms with Crippen molar-refractivity contribution < 1.29 is 24.2 Å². The number of unbranched alkanes of at least 4 members (excludes halogenated alkanes) is 3. The molecule has 1 spiro atoms. The van der Waals surface area contributed by atoms with Gasteiger partial charge in [-0.25, -0.2) is 0 Å². The predicted octanol–water partition coefficient (Wildman–Crippen LogP) is 1.35. The van der Waals surface area contributed by atoms with E-state index in [-0.39, 0.29) is 29.2 Å². The highest BCUT2D eigenvalue weighted by molar-refractivity contribution is 9.09. The van der Waals surface area contributed by atoms with Gasteiger partial charge < -0.3 is 25.4 Å². The number of ether oxygens (including phenoxy) is 1. The smallest absolute Gasteiger partial charge is 0.246 e. The lowest BCUT2D eigenvalue weighted by molar-refractivity contribution is -0.142. The van der Waals surface area contributed by atoms with E-state index in [2.05, 4.69) is 26.6 Å². The number of alkyl halides is 1. The molecule has 6 atom stereocenters. The zero-order valence-corrected chi connectivity index (χ0v) is 20.4. The molecule has 2 bridgehead atoms. The van der Waals surface area contributed by atoms with Crippen LogP contribution in [0.4, 0.5) is 0 Å². The van der Waals surface area contributed by atoms with Gasteiger partial charge in [0.25, 0.3) is 0 Å². The molecule has 0 radical (unpaired) electrons. The van der Waals surface area contributed by atoms with Gasteiger partial charge in [0, 0.05) is 31.6 Å². The minimum absolute atomic E-state index is 0.0993. The molecule has 1 aromatic carbocycles. The van der Waals surface area contributed by atoms with Crippen LogP contribution in [0.5, 0.6) is 0 Å². The van der Waals surface area contributed by atoms with Crippen molar-refractivity contribution in [2.24, 2.45) is 11.8 Å². The molecule has 0 aliphatic carbocycles. The van der Waals surface area contributed by atoms with Crippen LogP contribution in [-0.2, 0) is 25.7 Å². The van der Waals surface area contributed by atoms with Gasteiger partial charge in [0.2, 0.25) is 17.7 Å². The summed E-state index contributed by atoms with van der Waals surface area (Å²) in [5.74, 6) is -1.93. The Morgan fingerprint density at radius 1 is 1.18 bits per heavy atom. The molecule has 3 saturated heterocycles. The second kappa shape index (κ2) is 10.1. The van der Waals surface area contributed by atoms with Gasteiger partial charge in [-0.2, -0.15) is 0 Å². The number of nitrogens with zero attached hydrogens (tertiary/aromatic N) is 1. The Hall–Kier alpha value is -1.97. The van der Waals surface area contributed by atoms with E-state index in [0.717, 1.165) is 31.2 Å². The molecule has 3 aliphatic heterocycles. The minimum Gasteiger partial charge on any atom is -0.396 e. The Bertz CT molecular complexity index is 884. The quantitative estimate of drug-likeness (QED) is 0.318. The highest BCUT2D eigenvalue weighted by Crippen LogP contribution is 2.59. The number of carbonyl (C=O) groups is 3. The maximum absolute atomic E-state index is 13.6. The number of halogens is 1. The summed E-state index contributed by atoms with van der Waals surface area (Å²) in [5, 5.41) is 14.7. The summed E-state index contributed by atoms with van der Waals surface area (Å²) in [7, 11) is 1.56. The normalized spacial score (nSPS) is 32.2. The Kier molecular flexibility index (Phi) is 7.40. The number of aliphatic hydroxyl groups excluding tert-OH is 1. The minimum atomic E-state index is -1.01. The van der Waals surface area contributed by atoms with Crippen LogP contribution in [0.2, 0.25) is 0 Å². The van der Waals surface area contributed by atoms with Gasteiger partial charge in [-0.3, -0.25) is 14.4 Å². The molecular weight excluding hydrogens is 490 g/mol. The number of fused-ring (bicyclic) bond motifs is 1. The first-order chi connectivity index (χ1) is 15.9. The summed E-state index contributed by atoms with van der Waals surface area (Å²) in [6.07, 6.45) is 3.23. The van der Waals surface area contributed by atoms with E-state index >= 15 is 0 Å². The first-order valence-electron chi connectivity index (χ1n) is 11.7. The molecule has 3 N–H and O–H groups in total. The number of rotatable bonds is 10. The summed E-state index contributed by atoms with van der Waals surface area (Å²) < 4.78 is 6.40. The average molecular weight is 522 g/mol. The van der Waals surface area contributed by atoms with Gasteiger partial charge in [0.05, 0.1) is 17.9 Å². The van der Waals surface area contributed by atoms with Crippen LogP contribution < -0.4 is 10.6 Å². The topological polar surface area (TPSA) is 108 Å². The molecule has 9 heteroatoms. The number of hydrogen-bond donors (Lipinski definition) is 3. The third-order valence-electron chi connectivity index (χ3n) is 7.20. The van der Waals surface area contributed by atoms with E-state index in [1.54, 1.807) is 11.9 Å². The Labute approximate surface area is 202 Å². The van der Waals surface area contributed by atoms with Crippen molar-refractivity contribution in [3.8, 4) is 0 Å². The largest absolute Gasteiger partial charge is 0.396 e. The van der Waals surface area contributed by atoms with Gasteiger partial charge in [-0.1, -0.05) is 59.1 Å². The Morgan fingerprint density at radius 3 is 2.61 bits per heavy atom. The standard InChI is InChI=1S/C24H32BrN3O5/c1-26-21(30)17-18-23(32)28(11-7-2-3-8-12-29)20(24(18)13-16(25)19(17)33-24)22(31)27-14-15-9-5-4-6-10-15/h4-6,9-10,16-20,29H,2-3,7-8,11-14H2,1H3,(H,26,30)(H,27,31)/t16?,17-,18+,19-,20?,24?/m1/s1. The zero-order chi connectivity index (χ0) is 23.6. The van der Waals surface area contributed by atoms with Crippen LogP contribution in [0.25, 0.3) is 0 Å². The fourth-order valence-corrected chi connectivity index (χ4v) is 6.71. The molecule has 180 valence electrons. The van der Waals surface area contributed by atoms with Crippen LogP contribution in [0, 0.1) is 11.8 Å². The summed E-state index contributed by atoms with van der Waals surface area (Å²) in [6.45, 7) is 0.927. The second-order valence-corrected chi connectivity index (χ2v) is 10.3. The zero-order valence-electron chi connectivity index (χ0n) is 18.8. The van der Waals surface area contributed by atoms with Crippen molar-refractivity contribution in [1.82, 2.24) is 15.5 Å². The van der Waals surface area contributed by atoms with Gasteiger partial charge in [-0.15, -0.1) is 0 Å². The number of amides is 3. The molecule has 0 saturated carbocycles. The molecule has 0 aromatic heterocycles. The van der Waals surface area contributed by atoms with Gasteiger partial charge >= 0.3 is 0 Å². The van der Waals surface area contributed by atoms with Crippen molar-refractivity contribution in [3.63, 3.8) is 0 Å². The lowest BCUT2D eigenvalue weighted by Gasteiger charge is -2.34. The van der Waals surface area contributed by atoms with Gasteiger partial charge in [-0.05, 0) is 24.8 Å². The monoisotopic (exact) mass is 521 g/mol. The van der Waals surface area contributed by atoms with Crippen molar-refractivity contribution >= 4 is 33.7 Å². The summed E-state index contributed by atoms with van der Waals surface area (Å²) in [6, 6.07) is 8.85. The molecule has 3 unspecified atom stereocenters. The Balaban J connectivity index is 1.59. The molecule has 1 aromatic rings. The highest BCUT2D eigenvalue weighted by Gasteiger charge is 2.76. The SMILES string of the molecule is CNC(=O)[C@H]1[C@@H]2OC3(CC2Br)C(C(=O)NCc2ccccc2)N(CCCCCCO)C(=O)[C@H]13. The van der Waals surface area contributed by atoms with Crippen LogP contribution in [-0.4, -0.2) is 70.5 Å². The number of carbonyl (C=O) groups excluding carboxylic acids is 3. The number of aliphatic hydroxyl groups is 1. The molecule has 8 nitrogen and oxygen atoms in total. The summed E-state index contributed by atoms with van der Waals surface area (Å²) in [4.78, 5) is 41.5. The predicted molar refractivity (Wildman–Crippen MR) is 125 cm³/mol. The Morgan fingerprint density at radius 2 is 1.91 bits per heavy atom. The molecular formula is C24H32BrN3O5. The fraction of sp³-hybridized carbons (Fsp3) is 0.625. The molecule has 33 heavy (non-hydrogen) atoms. The lowest BCUT2D eigenvalue weighted by atomic mass is 9.70. The second-order valence-electron chi connectivity index (χ2n) is 9.15. The lowest BCUT2D eigenvalue weighted by Crippen LogP contribution is -2.55. The summed E-state index contributed by atoms with van der Waals surface area (Å²) >= 11 is 3.65. The van der Waals surface area contributed by atoms with E-state index in [1.807, 2.05) is 30.3 Å².